The number of fused-ring (bicyclic) bond motifs is 1. The van der Waals surface area contributed by atoms with Crippen LogP contribution >= 0.6 is 11.6 Å². The largest absolute Gasteiger partial charge is 0.496 e. The molecule has 74 valence electrons. The molecule has 2 rings (SSSR count). The van der Waals surface area contributed by atoms with Crippen LogP contribution in [0.2, 0.25) is 0 Å². The lowest BCUT2D eigenvalue weighted by Crippen LogP contribution is -1.86. The molecule has 0 saturated carbocycles. The minimum atomic E-state index is 0.500. The zero-order valence-corrected chi connectivity index (χ0v) is 8.98. The molecule has 0 aliphatic heterocycles. The summed E-state index contributed by atoms with van der Waals surface area (Å²) < 4.78 is 5.30. The van der Waals surface area contributed by atoms with Crippen molar-refractivity contribution in [3.63, 3.8) is 0 Å². The monoisotopic (exact) mass is 209 g/mol. The van der Waals surface area contributed by atoms with Gasteiger partial charge < -0.3 is 9.72 Å². The molecule has 0 bridgehead atoms. The summed E-state index contributed by atoms with van der Waals surface area (Å²) in [6, 6.07) is 4.01. The van der Waals surface area contributed by atoms with E-state index >= 15 is 0 Å². The van der Waals surface area contributed by atoms with Gasteiger partial charge in [0, 0.05) is 17.5 Å². The Hall–Kier alpha value is -1.15. The van der Waals surface area contributed by atoms with Gasteiger partial charge in [-0.2, -0.15) is 0 Å². The second kappa shape index (κ2) is 3.54. The van der Waals surface area contributed by atoms with Crippen LogP contribution < -0.4 is 4.74 Å². The fraction of sp³-hybridized carbons (Fsp3) is 0.273. The topological polar surface area (TPSA) is 25.0 Å². The van der Waals surface area contributed by atoms with Crippen LogP contribution in [0, 0.1) is 6.92 Å². The predicted molar refractivity (Wildman–Crippen MR) is 59.1 cm³/mol. The highest BCUT2D eigenvalue weighted by Crippen LogP contribution is 2.31. The number of hydrogen-bond donors (Lipinski definition) is 1. The first kappa shape index (κ1) is 9.41. The molecular formula is C11H12ClNO. The standard InChI is InChI=1S/C11H12ClNO/c1-7-3-4-9(14-2)10-8(5-12)6-13-11(7)10/h3-4,6,13H,5H2,1-2H3. The van der Waals surface area contributed by atoms with Gasteiger partial charge >= 0.3 is 0 Å². The summed E-state index contributed by atoms with van der Waals surface area (Å²) in [5.41, 5.74) is 3.40. The van der Waals surface area contributed by atoms with Crippen molar-refractivity contribution in [1.29, 1.82) is 0 Å². The van der Waals surface area contributed by atoms with Gasteiger partial charge in [-0.05, 0) is 24.1 Å². The highest BCUT2D eigenvalue weighted by molar-refractivity contribution is 6.18. The number of alkyl halides is 1. The average Bonchev–Trinajstić information content (AvgIpc) is 2.63. The second-order valence-corrected chi connectivity index (χ2v) is 3.55. The van der Waals surface area contributed by atoms with E-state index in [1.165, 1.54) is 5.56 Å². The number of nitrogens with one attached hydrogen (secondary N) is 1. The minimum Gasteiger partial charge on any atom is -0.496 e. The molecule has 0 aliphatic rings. The number of hydrogen-bond acceptors (Lipinski definition) is 1. The molecule has 14 heavy (non-hydrogen) atoms. The van der Waals surface area contributed by atoms with Crippen LogP contribution in [0.5, 0.6) is 5.75 Å². The highest BCUT2D eigenvalue weighted by atomic mass is 35.5. The fourth-order valence-corrected chi connectivity index (χ4v) is 1.91. The third kappa shape index (κ3) is 1.26. The first-order chi connectivity index (χ1) is 6.77. The number of halogens is 1. The summed E-state index contributed by atoms with van der Waals surface area (Å²) in [7, 11) is 1.68. The van der Waals surface area contributed by atoms with Crippen molar-refractivity contribution in [2.75, 3.05) is 7.11 Å². The molecule has 1 N–H and O–H groups in total. The Balaban J connectivity index is 2.82. The lowest BCUT2D eigenvalue weighted by atomic mass is 10.1. The highest BCUT2D eigenvalue weighted by Gasteiger charge is 2.09. The summed E-state index contributed by atoms with van der Waals surface area (Å²) >= 11 is 5.85. The Bertz CT molecular complexity index is 462. The van der Waals surface area contributed by atoms with Crippen LogP contribution in [-0.2, 0) is 5.88 Å². The number of aromatic amines is 1. The number of methoxy groups -OCH3 is 1. The van der Waals surface area contributed by atoms with Crippen LogP contribution in [-0.4, -0.2) is 12.1 Å². The van der Waals surface area contributed by atoms with Crippen LogP contribution in [0.15, 0.2) is 18.3 Å². The van der Waals surface area contributed by atoms with E-state index in [1.807, 2.05) is 18.3 Å². The van der Waals surface area contributed by atoms with E-state index in [0.717, 1.165) is 22.2 Å². The SMILES string of the molecule is COc1ccc(C)c2[nH]cc(CCl)c12. The quantitative estimate of drug-likeness (QED) is 0.755. The van der Waals surface area contributed by atoms with Crippen LogP contribution in [0.4, 0.5) is 0 Å². The molecule has 1 heterocycles. The third-order valence-electron chi connectivity index (χ3n) is 2.45. The van der Waals surface area contributed by atoms with E-state index in [9.17, 15) is 0 Å². The molecule has 0 aliphatic carbocycles. The Morgan fingerprint density at radius 3 is 2.86 bits per heavy atom. The number of aryl methyl sites for hydroxylation is 1. The third-order valence-corrected chi connectivity index (χ3v) is 2.74. The Kier molecular flexibility index (Phi) is 2.38. The molecule has 0 atom stereocenters. The molecule has 0 spiro atoms. The maximum absolute atomic E-state index is 5.85. The molecule has 0 saturated heterocycles. The van der Waals surface area contributed by atoms with Gasteiger partial charge in [0.1, 0.15) is 5.75 Å². The van der Waals surface area contributed by atoms with Crippen LogP contribution in [0.3, 0.4) is 0 Å². The van der Waals surface area contributed by atoms with Gasteiger partial charge in [-0.3, -0.25) is 0 Å². The van der Waals surface area contributed by atoms with E-state index in [0.29, 0.717) is 5.88 Å². The molecule has 2 aromatic rings. The number of aromatic nitrogens is 1. The Morgan fingerprint density at radius 1 is 1.43 bits per heavy atom. The molecule has 3 heteroatoms. The van der Waals surface area contributed by atoms with Gasteiger partial charge in [0.15, 0.2) is 0 Å². The van der Waals surface area contributed by atoms with Crippen LogP contribution in [0.25, 0.3) is 10.9 Å². The summed E-state index contributed by atoms with van der Waals surface area (Å²) in [4.78, 5) is 3.22. The zero-order valence-electron chi connectivity index (χ0n) is 8.23. The van der Waals surface area contributed by atoms with Gasteiger partial charge in [0.2, 0.25) is 0 Å². The molecule has 1 aromatic heterocycles. The van der Waals surface area contributed by atoms with Crippen molar-refractivity contribution in [3.05, 3.63) is 29.5 Å². The lowest BCUT2D eigenvalue weighted by molar-refractivity contribution is 0.419. The van der Waals surface area contributed by atoms with E-state index in [2.05, 4.69) is 11.9 Å². The number of ether oxygens (including phenoxy) is 1. The van der Waals surface area contributed by atoms with Crippen LogP contribution in [0.1, 0.15) is 11.1 Å². The fourth-order valence-electron chi connectivity index (χ4n) is 1.70. The van der Waals surface area contributed by atoms with E-state index in [1.54, 1.807) is 7.11 Å². The maximum atomic E-state index is 5.85. The van der Waals surface area contributed by atoms with E-state index < -0.39 is 0 Å². The summed E-state index contributed by atoms with van der Waals surface area (Å²) in [6.45, 7) is 2.07. The maximum Gasteiger partial charge on any atom is 0.128 e. The van der Waals surface area contributed by atoms with Crippen molar-refractivity contribution in [3.8, 4) is 5.75 Å². The van der Waals surface area contributed by atoms with E-state index in [4.69, 9.17) is 16.3 Å². The second-order valence-electron chi connectivity index (χ2n) is 3.28. The Labute approximate surface area is 87.8 Å². The number of H-pyrrole nitrogens is 1. The molecular weight excluding hydrogens is 198 g/mol. The summed E-state index contributed by atoms with van der Waals surface area (Å²) in [5, 5.41) is 1.10. The molecule has 0 radical (unpaired) electrons. The first-order valence-corrected chi connectivity index (χ1v) is 5.01. The molecule has 1 aromatic carbocycles. The van der Waals surface area contributed by atoms with E-state index in [-0.39, 0.29) is 0 Å². The molecule has 2 nitrogen and oxygen atoms in total. The number of benzene rings is 1. The van der Waals surface area contributed by atoms with Crippen molar-refractivity contribution >= 4 is 22.5 Å². The zero-order chi connectivity index (χ0) is 10.1. The van der Waals surface area contributed by atoms with Crippen molar-refractivity contribution in [2.24, 2.45) is 0 Å². The molecule has 0 fully saturated rings. The van der Waals surface area contributed by atoms with Crippen molar-refractivity contribution < 1.29 is 4.74 Å². The molecule has 0 amide bonds. The van der Waals surface area contributed by atoms with Gasteiger partial charge in [-0.25, -0.2) is 0 Å². The van der Waals surface area contributed by atoms with Crippen molar-refractivity contribution in [1.82, 2.24) is 4.98 Å². The Morgan fingerprint density at radius 2 is 2.21 bits per heavy atom. The summed E-state index contributed by atoms with van der Waals surface area (Å²) in [6.07, 6.45) is 1.94. The van der Waals surface area contributed by atoms with Gasteiger partial charge in [-0.1, -0.05) is 6.07 Å². The predicted octanol–water partition coefficient (Wildman–Crippen LogP) is 3.22. The smallest absolute Gasteiger partial charge is 0.128 e. The van der Waals surface area contributed by atoms with Gasteiger partial charge in [0.25, 0.3) is 0 Å². The summed E-state index contributed by atoms with van der Waals surface area (Å²) in [5.74, 6) is 1.38. The molecule has 0 unspecified atom stereocenters. The minimum absolute atomic E-state index is 0.500. The van der Waals surface area contributed by atoms with Gasteiger partial charge in [0.05, 0.1) is 12.6 Å². The van der Waals surface area contributed by atoms with Gasteiger partial charge in [-0.15, -0.1) is 11.6 Å². The number of rotatable bonds is 2. The lowest BCUT2D eigenvalue weighted by Gasteiger charge is -2.04. The average molecular weight is 210 g/mol. The van der Waals surface area contributed by atoms with Crippen molar-refractivity contribution in [2.45, 2.75) is 12.8 Å². The normalized spacial score (nSPS) is 10.8. The first-order valence-electron chi connectivity index (χ1n) is 4.47.